The maximum Gasteiger partial charge on any atom is 0.421 e. The molecule has 1 N–H and O–H groups in total. The Morgan fingerprint density at radius 2 is 2.08 bits per heavy atom. The predicted molar refractivity (Wildman–Crippen MR) is 35.4 cm³/mol. The van der Waals surface area contributed by atoms with E-state index in [0.29, 0.717) is 0 Å². The van der Waals surface area contributed by atoms with Crippen molar-refractivity contribution < 1.29 is 18.0 Å². The van der Waals surface area contributed by atoms with Gasteiger partial charge in [0.2, 0.25) is 11.2 Å². The third kappa shape index (κ3) is 1.76. The summed E-state index contributed by atoms with van der Waals surface area (Å²) in [6.45, 7) is 0. The van der Waals surface area contributed by atoms with Gasteiger partial charge in [-0.15, -0.1) is 5.11 Å². The third-order valence-electron chi connectivity index (χ3n) is 1.05. The zero-order valence-electron chi connectivity index (χ0n) is 5.42. The Bertz CT molecular complexity index is 261. The van der Waals surface area contributed by atoms with Crippen molar-refractivity contribution in [3.63, 3.8) is 0 Å². The lowest BCUT2D eigenvalue weighted by Crippen LogP contribution is -2.46. The van der Waals surface area contributed by atoms with Crippen LogP contribution in [0.5, 0.6) is 0 Å². The molecule has 0 saturated carbocycles. The van der Waals surface area contributed by atoms with Crippen molar-refractivity contribution in [1.82, 2.24) is 5.32 Å². The van der Waals surface area contributed by atoms with Crippen LogP contribution in [0.15, 0.2) is 10.2 Å². The molecule has 1 rings (SSSR count). The number of nitrogens with zero attached hydrogens (tertiary/aromatic N) is 2. The van der Waals surface area contributed by atoms with Crippen LogP contribution in [0.3, 0.4) is 0 Å². The number of hydrogen-bond acceptors (Lipinski definition) is 3. The van der Waals surface area contributed by atoms with E-state index in [-0.39, 0.29) is 5.11 Å². The summed E-state index contributed by atoms with van der Waals surface area (Å²) in [5, 5.41) is 7.04. The molecule has 0 fully saturated rings. The van der Waals surface area contributed by atoms with Crippen molar-refractivity contribution in [3.05, 3.63) is 0 Å². The second-order valence-electron chi connectivity index (χ2n) is 1.95. The molecule has 1 unspecified atom stereocenters. The second kappa shape index (κ2) is 2.77. The zero-order chi connectivity index (χ0) is 9.35. The lowest BCUT2D eigenvalue weighted by Gasteiger charge is -2.17. The van der Waals surface area contributed by atoms with Gasteiger partial charge < -0.3 is 0 Å². The third-order valence-corrected chi connectivity index (χ3v) is 1.24. The molecule has 66 valence electrons. The van der Waals surface area contributed by atoms with Crippen molar-refractivity contribution in [2.24, 2.45) is 10.2 Å². The van der Waals surface area contributed by atoms with E-state index in [1.807, 2.05) is 0 Å². The topological polar surface area (TPSA) is 53.8 Å². The van der Waals surface area contributed by atoms with E-state index < -0.39 is 18.1 Å². The summed E-state index contributed by atoms with van der Waals surface area (Å²) in [5.41, 5.74) is 0. The molecular formula is C4H2F3N3OS. The first-order valence-electron chi connectivity index (χ1n) is 2.73. The molecule has 8 heteroatoms. The molecule has 0 radical (unpaired) electrons. The molecule has 1 heterocycles. The highest BCUT2D eigenvalue weighted by molar-refractivity contribution is 7.80. The fourth-order valence-corrected chi connectivity index (χ4v) is 0.723. The Labute approximate surface area is 69.8 Å². The van der Waals surface area contributed by atoms with Gasteiger partial charge in [-0.1, -0.05) is 0 Å². The van der Waals surface area contributed by atoms with Gasteiger partial charge in [0.05, 0.1) is 0 Å². The summed E-state index contributed by atoms with van der Waals surface area (Å²) in [5.74, 6) is -1.29. The Balaban J connectivity index is 2.87. The second-order valence-corrected chi connectivity index (χ2v) is 2.34. The summed E-state index contributed by atoms with van der Waals surface area (Å²) in [7, 11) is 0. The van der Waals surface area contributed by atoms with Crippen molar-refractivity contribution in [2.45, 2.75) is 12.2 Å². The number of azo groups is 1. The SMILES string of the molecule is O=C1NC(=S)N=NC1C(F)(F)F. The highest BCUT2D eigenvalue weighted by Crippen LogP contribution is 2.24. The van der Waals surface area contributed by atoms with Crippen LogP contribution in [0.2, 0.25) is 0 Å². The first-order valence-corrected chi connectivity index (χ1v) is 3.14. The number of halogens is 3. The van der Waals surface area contributed by atoms with Gasteiger partial charge in [-0.05, 0) is 12.2 Å². The van der Waals surface area contributed by atoms with Gasteiger partial charge in [0.15, 0.2) is 0 Å². The van der Waals surface area contributed by atoms with Gasteiger partial charge in [-0.3, -0.25) is 10.1 Å². The quantitative estimate of drug-likeness (QED) is 0.583. The van der Waals surface area contributed by atoms with Crippen LogP contribution in [0.1, 0.15) is 0 Å². The number of carbonyl (C=O) groups excluding carboxylic acids is 1. The minimum absolute atomic E-state index is 0.347. The van der Waals surface area contributed by atoms with E-state index in [4.69, 9.17) is 0 Å². The summed E-state index contributed by atoms with van der Waals surface area (Å²) in [6.07, 6.45) is -4.70. The number of alkyl halides is 3. The van der Waals surface area contributed by atoms with Gasteiger partial charge in [-0.25, -0.2) is 0 Å². The monoisotopic (exact) mass is 197 g/mol. The summed E-state index contributed by atoms with van der Waals surface area (Å²) < 4.78 is 35.6. The lowest BCUT2D eigenvalue weighted by molar-refractivity contribution is -0.162. The minimum atomic E-state index is -4.70. The van der Waals surface area contributed by atoms with Gasteiger partial charge in [0.1, 0.15) is 0 Å². The molecule has 4 nitrogen and oxygen atoms in total. The molecule has 0 aromatic rings. The van der Waals surface area contributed by atoms with Gasteiger partial charge in [0.25, 0.3) is 5.91 Å². The van der Waals surface area contributed by atoms with Crippen LogP contribution in [0.4, 0.5) is 13.2 Å². The van der Waals surface area contributed by atoms with Crippen LogP contribution in [-0.4, -0.2) is 23.2 Å². The number of nitrogens with one attached hydrogen (secondary N) is 1. The van der Waals surface area contributed by atoms with E-state index in [1.54, 1.807) is 5.32 Å². The lowest BCUT2D eigenvalue weighted by atomic mass is 10.3. The molecule has 1 amide bonds. The summed E-state index contributed by atoms with van der Waals surface area (Å²) in [6, 6.07) is -2.43. The van der Waals surface area contributed by atoms with E-state index in [9.17, 15) is 18.0 Å². The fourth-order valence-electron chi connectivity index (χ4n) is 0.575. The van der Waals surface area contributed by atoms with Gasteiger partial charge in [0, 0.05) is 0 Å². The highest BCUT2D eigenvalue weighted by Gasteiger charge is 2.47. The van der Waals surface area contributed by atoms with Gasteiger partial charge >= 0.3 is 6.18 Å². The fraction of sp³-hybridized carbons (Fsp3) is 0.500. The van der Waals surface area contributed by atoms with Crippen molar-refractivity contribution >= 4 is 23.2 Å². The predicted octanol–water partition coefficient (Wildman–Crippen LogP) is 0.784. The van der Waals surface area contributed by atoms with E-state index in [0.717, 1.165) is 0 Å². The van der Waals surface area contributed by atoms with Crippen LogP contribution in [0.25, 0.3) is 0 Å². The minimum Gasteiger partial charge on any atom is -0.298 e. The maximum atomic E-state index is 11.9. The van der Waals surface area contributed by atoms with E-state index >= 15 is 0 Å². The maximum absolute atomic E-state index is 11.9. The largest absolute Gasteiger partial charge is 0.421 e. The van der Waals surface area contributed by atoms with E-state index in [2.05, 4.69) is 22.4 Å². The molecule has 1 aliphatic heterocycles. The number of hydrogen-bond donors (Lipinski definition) is 1. The number of thiocarbonyl (C=S) groups is 1. The van der Waals surface area contributed by atoms with Crippen molar-refractivity contribution in [1.29, 1.82) is 0 Å². The first-order chi connectivity index (χ1) is 5.41. The summed E-state index contributed by atoms with van der Waals surface area (Å²) >= 11 is 4.30. The molecule has 0 saturated heterocycles. The number of carbonyl (C=O) groups is 1. The molecule has 0 aromatic heterocycles. The molecular weight excluding hydrogens is 195 g/mol. The average Bonchev–Trinajstić information content (AvgIpc) is 1.83. The molecule has 1 atom stereocenters. The molecule has 1 aliphatic rings. The molecule has 0 aliphatic carbocycles. The first kappa shape index (κ1) is 9.04. The number of amides is 1. The summed E-state index contributed by atoms with van der Waals surface area (Å²) in [4.78, 5) is 10.6. The Morgan fingerprint density at radius 3 is 2.50 bits per heavy atom. The molecule has 0 aromatic carbocycles. The molecule has 12 heavy (non-hydrogen) atoms. The smallest absolute Gasteiger partial charge is 0.298 e. The Hall–Kier alpha value is -1.05. The normalized spacial score (nSPS) is 24.1. The zero-order valence-corrected chi connectivity index (χ0v) is 6.24. The molecule has 0 bridgehead atoms. The average molecular weight is 197 g/mol. The number of rotatable bonds is 0. The van der Waals surface area contributed by atoms with Crippen LogP contribution < -0.4 is 5.32 Å². The Morgan fingerprint density at radius 1 is 1.50 bits per heavy atom. The van der Waals surface area contributed by atoms with E-state index in [1.165, 1.54) is 0 Å². The van der Waals surface area contributed by atoms with Crippen LogP contribution in [0, 0.1) is 0 Å². The van der Waals surface area contributed by atoms with Crippen LogP contribution in [-0.2, 0) is 4.79 Å². The standard InChI is InChI=1S/C4H2F3N3OS/c5-4(6,7)1-2(11)8-3(12)10-9-1/h1H,(H,8,11,12). The van der Waals surface area contributed by atoms with Crippen molar-refractivity contribution in [3.8, 4) is 0 Å². The Kier molecular flexibility index (Phi) is 2.09. The highest BCUT2D eigenvalue weighted by atomic mass is 32.1. The van der Waals surface area contributed by atoms with Crippen molar-refractivity contribution in [2.75, 3.05) is 0 Å². The van der Waals surface area contributed by atoms with Crippen LogP contribution >= 0.6 is 12.2 Å². The molecule has 0 spiro atoms. The van der Waals surface area contributed by atoms with Gasteiger partial charge in [-0.2, -0.15) is 18.3 Å².